The fraction of sp³-hybridized carbons (Fsp3) is 0.900. The highest BCUT2D eigenvalue weighted by Crippen LogP contribution is 2.30. The van der Waals surface area contributed by atoms with Crippen LogP contribution in [0.25, 0.3) is 0 Å². The number of carbonyl (C=O) groups excluding carboxylic acids is 1. The quantitative estimate of drug-likeness (QED) is 0.699. The molecule has 0 saturated heterocycles. The molecule has 1 amide bonds. The van der Waals surface area contributed by atoms with Gasteiger partial charge in [-0.3, -0.25) is 4.79 Å². The van der Waals surface area contributed by atoms with Gasteiger partial charge in [-0.2, -0.15) is 0 Å². The summed E-state index contributed by atoms with van der Waals surface area (Å²) in [5.41, 5.74) is 0. The van der Waals surface area contributed by atoms with Crippen molar-refractivity contribution >= 4 is 21.8 Å². The molecule has 0 radical (unpaired) electrons. The maximum absolute atomic E-state index is 11.7. The molecule has 13 heavy (non-hydrogen) atoms. The Morgan fingerprint density at radius 1 is 1.46 bits per heavy atom. The highest BCUT2D eigenvalue weighted by Gasteiger charge is 2.29. The number of hydrogen-bond donors (Lipinski definition) is 0. The minimum absolute atomic E-state index is 0.0475. The Labute approximate surface area is 88.8 Å². The minimum Gasteiger partial charge on any atom is -0.339 e. The van der Waals surface area contributed by atoms with Gasteiger partial charge in [-0.15, -0.1) is 0 Å². The van der Waals surface area contributed by atoms with Gasteiger partial charge in [0.25, 0.3) is 0 Å². The molecule has 0 aliphatic heterocycles. The van der Waals surface area contributed by atoms with Crippen molar-refractivity contribution in [2.75, 3.05) is 6.54 Å². The van der Waals surface area contributed by atoms with Crippen LogP contribution in [0.3, 0.4) is 0 Å². The van der Waals surface area contributed by atoms with Crippen molar-refractivity contribution in [3.8, 4) is 0 Å². The fourth-order valence-electron chi connectivity index (χ4n) is 1.36. The topological polar surface area (TPSA) is 20.3 Å². The Hall–Kier alpha value is -0.0500. The maximum Gasteiger partial charge on any atom is 0.236 e. The third-order valence-electron chi connectivity index (χ3n) is 2.40. The van der Waals surface area contributed by atoms with E-state index in [0.717, 1.165) is 12.5 Å². The molecule has 76 valence electrons. The van der Waals surface area contributed by atoms with E-state index in [2.05, 4.69) is 29.8 Å². The Balaban J connectivity index is 2.49. The van der Waals surface area contributed by atoms with Crippen LogP contribution in [-0.4, -0.2) is 28.2 Å². The summed E-state index contributed by atoms with van der Waals surface area (Å²) in [6.45, 7) is 7.00. The number of hydrogen-bond acceptors (Lipinski definition) is 1. The molecule has 0 aromatic rings. The molecule has 3 heteroatoms. The van der Waals surface area contributed by atoms with Gasteiger partial charge in [0.05, 0.1) is 4.83 Å². The summed E-state index contributed by atoms with van der Waals surface area (Å²) in [7, 11) is 0. The van der Waals surface area contributed by atoms with Gasteiger partial charge in [-0.1, -0.05) is 15.9 Å². The minimum atomic E-state index is -0.0475. The van der Waals surface area contributed by atoms with Crippen molar-refractivity contribution in [1.82, 2.24) is 4.90 Å². The van der Waals surface area contributed by atoms with E-state index in [1.165, 1.54) is 12.8 Å². The molecular formula is C10H18BrNO. The van der Waals surface area contributed by atoms with Crippen LogP contribution in [0.5, 0.6) is 0 Å². The average Bonchev–Trinajstić information content (AvgIpc) is 2.81. The van der Waals surface area contributed by atoms with Crippen molar-refractivity contribution in [1.29, 1.82) is 0 Å². The van der Waals surface area contributed by atoms with E-state index in [1.807, 2.05) is 11.8 Å². The maximum atomic E-state index is 11.7. The first-order valence-electron chi connectivity index (χ1n) is 4.97. The Morgan fingerprint density at radius 3 is 2.31 bits per heavy atom. The van der Waals surface area contributed by atoms with Crippen molar-refractivity contribution in [3.05, 3.63) is 0 Å². The number of amides is 1. The molecule has 0 aromatic carbocycles. The van der Waals surface area contributed by atoms with E-state index < -0.39 is 0 Å². The van der Waals surface area contributed by atoms with Gasteiger partial charge >= 0.3 is 0 Å². The van der Waals surface area contributed by atoms with Gasteiger partial charge in [0.1, 0.15) is 0 Å². The number of carbonyl (C=O) groups is 1. The molecule has 0 bridgehead atoms. The van der Waals surface area contributed by atoms with Gasteiger partial charge < -0.3 is 4.90 Å². The monoisotopic (exact) mass is 247 g/mol. The predicted octanol–water partition coefficient (Wildman–Crippen LogP) is 2.42. The van der Waals surface area contributed by atoms with Crippen LogP contribution in [0.15, 0.2) is 0 Å². The van der Waals surface area contributed by atoms with Crippen LogP contribution in [0.4, 0.5) is 0 Å². The molecule has 1 rings (SSSR count). The lowest BCUT2D eigenvalue weighted by Gasteiger charge is -2.27. The van der Waals surface area contributed by atoms with Gasteiger partial charge in [-0.05, 0) is 39.5 Å². The molecule has 1 aliphatic carbocycles. The lowest BCUT2D eigenvalue weighted by Crippen LogP contribution is -2.41. The number of halogens is 1. The molecule has 0 N–H and O–H groups in total. The summed E-state index contributed by atoms with van der Waals surface area (Å²) in [5, 5.41) is 0. The summed E-state index contributed by atoms with van der Waals surface area (Å²) >= 11 is 3.33. The van der Waals surface area contributed by atoms with E-state index in [4.69, 9.17) is 0 Å². The number of nitrogens with zero attached hydrogens (tertiary/aromatic N) is 1. The first-order chi connectivity index (χ1) is 6.02. The van der Waals surface area contributed by atoms with E-state index in [-0.39, 0.29) is 10.7 Å². The first-order valence-corrected chi connectivity index (χ1v) is 5.88. The number of alkyl halides is 1. The molecule has 1 fully saturated rings. The highest BCUT2D eigenvalue weighted by molar-refractivity contribution is 9.10. The smallest absolute Gasteiger partial charge is 0.236 e. The Morgan fingerprint density at radius 2 is 2.00 bits per heavy atom. The molecule has 0 spiro atoms. The van der Waals surface area contributed by atoms with Crippen LogP contribution < -0.4 is 0 Å². The number of rotatable bonds is 4. The molecule has 0 aromatic heterocycles. The zero-order chi connectivity index (χ0) is 10.0. The molecule has 1 saturated carbocycles. The Bertz CT molecular complexity index is 187. The normalized spacial score (nSPS) is 18.8. The highest BCUT2D eigenvalue weighted by atomic mass is 79.9. The van der Waals surface area contributed by atoms with Gasteiger partial charge in [0.2, 0.25) is 5.91 Å². The molecule has 0 heterocycles. The summed E-state index contributed by atoms with van der Waals surface area (Å²) < 4.78 is 0. The van der Waals surface area contributed by atoms with E-state index >= 15 is 0 Å². The van der Waals surface area contributed by atoms with Crippen LogP contribution in [-0.2, 0) is 4.79 Å². The molecule has 1 unspecified atom stereocenters. The first kappa shape index (κ1) is 11.0. The van der Waals surface area contributed by atoms with E-state index in [1.54, 1.807) is 0 Å². The van der Waals surface area contributed by atoms with Crippen LogP contribution in [0.2, 0.25) is 0 Å². The summed E-state index contributed by atoms with van der Waals surface area (Å²) in [5.74, 6) is 1.000. The summed E-state index contributed by atoms with van der Waals surface area (Å²) in [6.07, 6.45) is 2.60. The predicted molar refractivity (Wildman–Crippen MR) is 58.0 cm³/mol. The van der Waals surface area contributed by atoms with Crippen molar-refractivity contribution < 1.29 is 4.79 Å². The lowest BCUT2D eigenvalue weighted by atomic mass is 10.2. The van der Waals surface area contributed by atoms with Gasteiger partial charge in [0.15, 0.2) is 0 Å². The Kier molecular flexibility index (Phi) is 3.77. The molecule has 1 aliphatic rings. The lowest BCUT2D eigenvalue weighted by molar-refractivity contribution is -0.132. The second kappa shape index (κ2) is 4.45. The average molecular weight is 248 g/mol. The van der Waals surface area contributed by atoms with Gasteiger partial charge in [-0.25, -0.2) is 0 Å². The van der Waals surface area contributed by atoms with Crippen LogP contribution in [0.1, 0.15) is 33.6 Å². The second-order valence-corrected chi connectivity index (χ2v) is 5.52. The summed E-state index contributed by atoms with van der Waals surface area (Å²) in [4.78, 5) is 13.7. The van der Waals surface area contributed by atoms with E-state index in [9.17, 15) is 4.79 Å². The van der Waals surface area contributed by atoms with Crippen LogP contribution >= 0.6 is 15.9 Å². The molecule has 1 atom stereocenters. The third-order valence-corrected chi connectivity index (χ3v) is 2.79. The summed E-state index contributed by atoms with van der Waals surface area (Å²) in [6, 6.07) is 0.327. The largest absolute Gasteiger partial charge is 0.339 e. The van der Waals surface area contributed by atoms with Crippen molar-refractivity contribution in [2.24, 2.45) is 5.92 Å². The zero-order valence-corrected chi connectivity index (χ0v) is 10.2. The van der Waals surface area contributed by atoms with Crippen molar-refractivity contribution in [2.45, 2.75) is 44.5 Å². The van der Waals surface area contributed by atoms with E-state index in [0.29, 0.717) is 6.04 Å². The molecular weight excluding hydrogens is 230 g/mol. The van der Waals surface area contributed by atoms with Crippen molar-refractivity contribution in [3.63, 3.8) is 0 Å². The zero-order valence-electron chi connectivity index (χ0n) is 8.59. The third kappa shape index (κ3) is 3.29. The van der Waals surface area contributed by atoms with Gasteiger partial charge in [0, 0.05) is 12.6 Å². The second-order valence-electron chi connectivity index (χ2n) is 4.14. The standard InChI is InChI=1S/C10H18BrNO/c1-7(2)12(6-9-4-5-9)10(13)8(3)11/h7-9H,4-6H2,1-3H3. The molecule has 2 nitrogen and oxygen atoms in total. The SMILES string of the molecule is CC(Br)C(=O)N(CC1CC1)C(C)C. The fourth-order valence-corrected chi connectivity index (χ4v) is 1.63. The van der Waals surface area contributed by atoms with Crippen LogP contribution in [0, 0.1) is 5.92 Å².